The molecule has 0 aromatic rings. The molecular weight excluding hydrogens is 236 g/mol. The van der Waals surface area contributed by atoms with E-state index >= 15 is 0 Å². The van der Waals surface area contributed by atoms with Gasteiger partial charge in [0.25, 0.3) is 0 Å². The van der Waals surface area contributed by atoms with Crippen LogP contribution in [0.3, 0.4) is 0 Å². The summed E-state index contributed by atoms with van der Waals surface area (Å²) in [6.07, 6.45) is 0.00102. The van der Waals surface area contributed by atoms with E-state index in [2.05, 4.69) is 0 Å². The van der Waals surface area contributed by atoms with E-state index in [-0.39, 0.29) is 19.4 Å². The minimum absolute atomic E-state index is 0.136. The zero-order valence-corrected chi connectivity index (χ0v) is 9.61. The molecule has 1 amide bonds. The highest BCUT2D eigenvalue weighted by molar-refractivity contribution is 7.89. The molecular formula is C8H14N2O5S. The van der Waals surface area contributed by atoms with Crippen molar-refractivity contribution in [2.24, 2.45) is 5.14 Å². The Kier molecular flexibility index (Phi) is 3.54. The number of primary sulfonamides is 1. The molecule has 8 heteroatoms. The van der Waals surface area contributed by atoms with Crippen LogP contribution in [0.1, 0.15) is 19.8 Å². The molecule has 0 spiro atoms. The lowest BCUT2D eigenvalue weighted by atomic mass is 10.2. The Balaban J connectivity index is 2.86. The molecule has 1 heterocycles. The summed E-state index contributed by atoms with van der Waals surface area (Å²) in [7, 11) is -3.79. The van der Waals surface area contributed by atoms with E-state index in [9.17, 15) is 18.0 Å². The molecule has 0 bridgehead atoms. The Morgan fingerprint density at radius 1 is 1.69 bits per heavy atom. The second kappa shape index (κ2) is 4.38. The number of carboxylic acids is 1. The highest BCUT2D eigenvalue weighted by atomic mass is 32.2. The molecule has 0 aromatic heterocycles. The van der Waals surface area contributed by atoms with Gasteiger partial charge in [-0.05, 0) is 6.42 Å². The molecule has 0 radical (unpaired) electrons. The third kappa shape index (κ3) is 2.50. The summed E-state index contributed by atoms with van der Waals surface area (Å²) >= 11 is 0. The minimum Gasteiger partial charge on any atom is -0.480 e. The van der Waals surface area contributed by atoms with Gasteiger partial charge in [0.1, 0.15) is 11.3 Å². The maximum atomic E-state index is 11.5. The van der Waals surface area contributed by atoms with E-state index in [1.807, 2.05) is 0 Å². The van der Waals surface area contributed by atoms with Crippen LogP contribution in [0.2, 0.25) is 0 Å². The summed E-state index contributed by atoms with van der Waals surface area (Å²) < 4.78 is 22.1. The predicted molar refractivity (Wildman–Crippen MR) is 54.9 cm³/mol. The first-order valence-corrected chi connectivity index (χ1v) is 6.42. The van der Waals surface area contributed by atoms with Crippen LogP contribution in [-0.4, -0.2) is 48.1 Å². The second-order valence-corrected chi connectivity index (χ2v) is 5.57. The zero-order valence-electron chi connectivity index (χ0n) is 8.79. The molecule has 0 saturated carbocycles. The molecule has 7 nitrogen and oxygen atoms in total. The lowest BCUT2D eigenvalue weighted by molar-refractivity contribution is -0.148. The summed E-state index contributed by atoms with van der Waals surface area (Å²) in [5.74, 6) is -1.61. The van der Waals surface area contributed by atoms with Gasteiger partial charge in [0.2, 0.25) is 15.9 Å². The summed E-state index contributed by atoms with van der Waals surface area (Å²) in [6.45, 7) is 1.48. The van der Waals surface area contributed by atoms with Crippen molar-refractivity contribution in [3.8, 4) is 0 Å². The Morgan fingerprint density at radius 3 is 2.56 bits per heavy atom. The van der Waals surface area contributed by atoms with Crippen LogP contribution in [0.15, 0.2) is 0 Å². The summed E-state index contributed by atoms with van der Waals surface area (Å²) in [4.78, 5) is 23.4. The molecule has 1 rings (SSSR count). The van der Waals surface area contributed by atoms with Crippen molar-refractivity contribution in [3.05, 3.63) is 0 Å². The summed E-state index contributed by atoms with van der Waals surface area (Å²) in [5, 5.41) is 12.8. The van der Waals surface area contributed by atoms with Crippen LogP contribution >= 0.6 is 0 Å². The van der Waals surface area contributed by atoms with Crippen molar-refractivity contribution in [1.29, 1.82) is 0 Å². The van der Waals surface area contributed by atoms with Gasteiger partial charge < -0.3 is 10.0 Å². The third-order valence-electron chi connectivity index (χ3n) is 2.64. The summed E-state index contributed by atoms with van der Waals surface area (Å²) in [5.41, 5.74) is 0. The average molecular weight is 250 g/mol. The van der Waals surface area contributed by atoms with Gasteiger partial charge in [-0.1, -0.05) is 6.92 Å². The highest BCUT2D eigenvalue weighted by Crippen LogP contribution is 2.20. The number of aliphatic carboxylic acids is 1. The summed E-state index contributed by atoms with van der Waals surface area (Å²) in [6, 6.07) is -0.973. The number of rotatable bonds is 4. The van der Waals surface area contributed by atoms with E-state index in [0.717, 1.165) is 4.90 Å². The van der Waals surface area contributed by atoms with Crippen molar-refractivity contribution in [3.63, 3.8) is 0 Å². The molecule has 0 aliphatic carbocycles. The minimum atomic E-state index is -3.79. The number of hydrogen-bond donors (Lipinski definition) is 2. The van der Waals surface area contributed by atoms with Crippen LogP contribution in [0.4, 0.5) is 0 Å². The van der Waals surface area contributed by atoms with Crippen molar-refractivity contribution >= 4 is 21.9 Å². The Bertz CT molecular complexity index is 405. The van der Waals surface area contributed by atoms with E-state index < -0.39 is 33.2 Å². The number of carbonyl (C=O) groups is 2. The fraction of sp³-hybridized carbons (Fsp3) is 0.750. The number of amides is 1. The topological polar surface area (TPSA) is 118 Å². The van der Waals surface area contributed by atoms with Gasteiger partial charge in [-0.25, -0.2) is 18.4 Å². The lowest BCUT2D eigenvalue weighted by Gasteiger charge is -2.23. The first kappa shape index (κ1) is 12.9. The molecule has 1 unspecified atom stereocenters. The molecule has 0 aromatic carbocycles. The molecule has 1 aliphatic heterocycles. The first-order chi connectivity index (χ1) is 7.27. The molecule has 16 heavy (non-hydrogen) atoms. The van der Waals surface area contributed by atoms with Gasteiger partial charge in [0.05, 0.1) is 0 Å². The van der Waals surface area contributed by atoms with Gasteiger partial charge in [-0.3, -0.25) is 4.79 Å². The number of sulfonamides is 1. The van der Waals surface area contributed by atoms with E-state index in [1.54, 1.807) is 6.92 Å². The third-order valence-corrected chi connectivity index (χ3v) is 3.88. The Morgan fingerprint density at radius 2 is 2.25 bits per heavy atom. The maximum Gasteiger partial charge on any atom is 0.326 e. The van der Waals surface area contributed by atoms with Crippen molar-refractivity contribution in [2.45, 2.75) is 31.1 Å². The van der Waals surface area contributed by atoms with E-state index in [0.29, 0.717) is 0 Å². The molecule has 1 aliphatic rings. The maximum absolute atomic E-state index is 11.5. The van der Waals surface area contributed by atoms with Crippen LogP contribution < -0.4 is 5.14 Å². The SMILES string of the molecule is CC[C@@H](C(=O)O)N1CC(S(N)(=O)=O)CC1=O. The van der Waals surface area contributed by atoms with Gasteiger partial charge >= 0.3 is 5.97 Å². The quantitative estimate of drug-likeness (QED) is 0.645. The monoisotopic (exact) mass is 250 g/mol. The fourth-order valence-corrected chi connectivity index (χ4v) is 2.49. The van der Waals surface area contributed by atoms with E-state index in [4.69, 9.17) is 10.2 Å². The molecule has 1 fully saturated rings. The first-order valence-electron chi connectivity index (χ1n) is 4.81. The van der Waals surface area contributed by atoms with Gasteiger partial charge in [-0.15, -0.1) is 0 Å². The standard InChI is InChI=1S/C8H14N2O5S/c1-2-6(8(12)13)10-4-5(3-7(10)11)16(9,14)15/h5-6H,2-4H2,1H3,(H,12,13)(H2,9,14,15)/t5?,6-/m0/s1. The highest BCUT2D eigenvalue weighted by Gasteiger charge is 2.41. The number of nitrogens with two attached hydrogens (primary N) is 1. The Labute approximate surface area is 93.3 Å². The number of likely N-dealkylation sites (tertiary alicyclic amines) is 1. The average Bonchev–Trinajstić information content (AvgIpc) is 2.48. The van der Waals surface area contributed by atoms with Crippen molar-refractivity contribution < 1.29 is 23.1 Å². The van der Waals surface area contributed by atoms with Crippen molar-refractivity contribution in [2.75, 3.05) is 6.54 Å². The largest absolute Gasteiger partial charge is 0.480 e. The smallest absolute Gasteiger partial charge is 0.326 e. The van der Waals surface area contributed by atoms with Gasteiger partial charge in [0.15, 0.2) is 0 Å². The molecule has 1 saturated heterocycles. The number of carbonyl (C=O) groups excluding carboxylic acids is 1. The normalized spacial score (nSPS) is 23.5. The van der Waals surface area contributed by atoms with Crippen LogP contribution in [0.25, 0.3) is 0 Å². The molecule has 2 atom stereocenters. The Hall–Kier alpha value is -1.15. The van der Waals surface area contributed by atoms with E-state index in [1.165, 1.54) is 0 Å². The number of hydrogen-bond acceptors (Lipinski definition) is 4. The second-order valence-electron chi connectivity index (χ2n) is 3.72. The van der Waals surface area contributed by atoms with Gasteiger partial charge in [-0.2, -0.15) is 0 Å². The van der Waals surface area contributed by atoms with Crippen LogP contribution in [0.5, 0.6) is 0 Å². The predicted octanol–water partition coefficient (Wildman–Crippen LogP) is -1.26. The molecule has 92 valence electrons. The van der Waals surface area contributed by atoms with Crippen LogP contribution in [0, 0.1) is 0 Å². The zero-order chi connectivity index (χ0) is 12.5. The molecule has 3 N–H and O–H groups in total. The fourth-order valence-electron chi connectivity index (χ4n) is 1.75. The van der Waals surface area contributed by atoms with Crippen molar-refractivity contribution in [1.82, 2.24) is 4.90 Å². The van der Waals surface area contributed by atoms with Crippen LogP contribution in [-0.2, 0) is 19.6 Å². The number of nitrogens with zero attached hydrogens (tertiary/aromatic N) is 1. The van der Waals surface area contributed by atoms with Gasteiger partial charge in [0, 0.05) is 13.0 Å². The lowest BCUT2D eigenvalue weighted by Crippen LogP contribution is -2.43. The number of carboxylic acid groups (broad SMARTS) is 1.